The Balaban J connectivity index is 2.19. The highest BCUT2D eigenvalue weighted by molar-refractivity contribution is 6.07. The van der Waals surface area contributed by atoms with Crippen molar-refractivity contribution in [2.75, 3.05) is 26.1 Å². The summed E-state index contributed by atoms with van der Waals surface area (Å²) in [5, 5.41) is 13.9. The van der Waals surface area contributed by atoms with Crippen molar-refractivity contribution in [3.63, 3.8) is 0 Å². The second-order valence-corrected chi connectivity index (χ2v) is 6.00. The molecule has 2 rings (SSSR count). The molecule has 29 heavy (non-hydrogen) atoms. The molecular weight excluding hydrogens is 380 g/mol. The maximum Gasteiger partial charge on any atom is 0.338 e. The molecule has 0 saturated heterocycles. The zero-order valence-electron chi connectivity index (χ0n) is 16.4. The van der Waals surface area contributed by atoms with Gasteiger partial charge in [0, 0.05) is 11.8 Å². The van der Waals surface area contributed by atoms with Crippen molar-refractivity contribution in [1.29, 1.82) is 0 Å². The van der Waals surface area contributed by atoms with Crippen LogP contribution in [0, 0.1) is 10.1 Å². The predicted molar refractivity (Wildman–Crippen MR) is 106 cm³/mol. The van der Waals surface area contributed by atoms with Gasteiger partial charge >= 0.3 is 5.97 Å². The van der Waals surface area contributed by atoms with Gasteiger partial charge in [0.05, 0.1) is 37.4 Å². The number of hydrogen-bond acceptors (Lipinski definition) is 7. The fraction of sp³-hybridized carbons (Fsp3) is 0.300. The van der Waals surface area contributed by atoms with E-state index in [0.717, 1.165) is 18.9 Å². The number of amides is 1. The van der Waals surface area contributed by atoms with Gasteiger partial charge in [0.15, 0.2) is 11.5 Å². The van der Waals surface area contributed by atoms with Crippen molar-refractivity contribution in [2.24, 2.45) is 0 Å². The number of nitro benzene ring substituents is 1. The molecule has 0 fully saturated rings. The standard InChI is InChI=1S/C20H22N2O7/c1-4-5-10-29-20(24)13-6-8-14(9-7-13)21-19(23)15-11-17(27-2)18(28-3)12-16(15)22(25)26/h6-9,11-12H,4-5,10H2,1-3H3,(H,21,23). The van der Waals surface area contributed by atoms with Gasteiger partial charge in [-0.15, -0.1) is 0 Å². The summed E-state index contributed by atoms with van der Waals surface area (Å²) in [6.45, 7) is 2.34. The van der Waals surface area contributed by atoms with Crippen LogP contribution in [-0.4, -0.2) is 37.6 Å². The van der Waals surface area contributed by atoms with Crippen LogP contribution in [0.4, 0.5) is 11.4 Å². The lowest BCUT2D eigenvalue weighted by atomic mass is 10.1. The highest BCUT2D eigenvalue weighted by atomic mass is 16.6. The number of unbranched alkanes of at least 4 members (excludes halogenated alkanes) is 1. The molecule has 0 heterocycles. The topological polar surface area (TPSA) is 117 Å². The Bertz CT molecular complexity index is 894. The Kier molecular flexibility index (Phi) is 7.53. The van der Waals surface area contributed by atoms with Crippen LogP contribution in [0.3, 0.4) is 0 Å². The zero-order chi connectivity index (χ0) is 21.4. The van der Waals surface area contributed by atoms with Crippen LogP contribution in [0.1, 0.15) is 40.5 Å². The third-order valence-corrected chi connectivity index (χ3v) is 4.05. The van der Waals surface area contributed by atoms with Gasteiger partial charge in [0.2, 0.25) is 0 Å². The first-order valence-corrected chi connectivity index (χ1v) is 8.90. The number of rotatable bonds is 9. The summed E-state index contributed by atoms with van der Waals surface area (Å²) in [6.07, 6.45) is 1.70. The van der Waals surface area contributed by atoms with E-state index in [1.54, 1.807) is 0 Å². The second kappa shape index (κ2) is 10.1. The van der Waals surface area contributed by atoms with E-state index in [9.17, 15) is 19.7 Å². The number of hydrogen-bond donors (Lipinski definition) is 1. The summed E-state index contributed by atoms with van der Waals surface area (Å²) in [5.41, 5.74) is 0.104. The SMILES string of the molecule is CCCCOC(=O)c1ccc(NC(=O)c2cc(OC)c(OC)cc2[N+](=O)[O-])cc1. The molecule has 0 atom stereocenters. The summed E-state index contributed by atoms with van der Waals surface area (Å²) < 4.78 is 15.3. The summed E-state index contributed by atoms with van der Waals surface area (Å²) in [6, 6.07) is 8.41. The van der Waals surface area contributed by atoms with Crippen LogP contribution in [0.5, 0.6) is 11.5 Å². The van der Waals surface area contributed by atoms with Crippen LogP contribution < -0.4 is 14.8 Å². The van der Waals surface area contributed by atoms with Gasteiger partial charge in [0.25, 0.3) is 11.6 Å². The minimum Gasteiger partial charge on any atom is -0.493 e. The number of methoxy groups -OCH3 is 2. The normalized spacial score (nSPS) is 10.2. The molecule has 0 unspecified atom stereocenters. The monoisotopic (exact) mass is 402 g/mol. The van der Waals surface area contributed by atoms with Crippen LogP contribution in [0.25, 0.3) is 0 Å². The summed E-state index contributed by atoms with van der Waals surface area (Å²) in [7, 11) is 2.71. The van der Waals surface area contributed by atoms with Gasteiger partial charge in [-0.1, -0.05) is 13.3 Å². The van der Waals surface area contributed by atoms with Crippen LogP contribution in [0.15, 0.2) is 36.4 Å². The molecule has 1 N–H and O–H groups in total. The van der Waals surface area contributed by atoms with Gasteiger partial charge in [0.1, 0.15) is 5.56 Å². The van der Waals surface area contributed by atoms with Gasteiger partial charge in [-0.25, -0.2) is 4.79 Å². The van der Waals surface area contributed by atoms with Gasteiger partial charge < -0.3 is 19.5 Å². The quantitative estimate of drug-likeness (QED) is 0.293. The lowest BCUT2D eigenvalue weighted by molar-refractivity contribution is -0.385. The van der Waals surface area contributed by atoms with E-state index in [-0.39, 0.29) is 17.1 Å². The van der Waals surface area contributed by atoms with Crippen molar-refractivity contribution in [3.8, 4) is 11.5 Å². The Morgan fingerprint density at radius 3 is 2.24 bits per heavy atom. The van der Waals surface area contributed by atoms with E-state index in [1.807, 2.05) is 6.92 Å². The summed E-state index contributed by atoms with van der Waals surface area (Å²) in [4.78, 5) is 35.2. The van der Waals surface area contributed by atoms with Crippen molar-refractivity contribution >= 4 is 23.3 Å². The molecule has 1 amide bonds. The molecule has 2 aromatic carbocycles. The Morgan fingerprint density at radius 1 is 1.07 bits per heavy atom. The number of ether oxygens (including phenoxy) is 3. The average Bonchev–Trinajstić information content (AvgIpc) is 2.73. The largest absolute Gasteiger partial charge is 0.493 e. The average molecular weight is 402 g/mol. The van der Waals surface area contributed by atoms with E-state index in [4.69, 9.17) is 14.2 Å². The lowest BCUT2D eigenvalue weighted by Crippen LogP contribution is -2.15. The smallest absolute Gasteiger partial charge is 0.338 e. The maximum absolute atomic E-state index is 12.6. The van der Waals surface area contributed by atoms with Crippen LogP contribution in [-0.2, 0) is 4.74 Å². The van der Waals surface area contributed by atoms with Crippen molar-refractivity contribution in [2.45, 2.75) is 19.8 Å². The van der Waals surface area contributed by atoms with Gasteiger partial charge in [-0.05, 0) is 30.7 Å². The second-order valence-electron chi connectivity index (χ2n) is 6.00. The molecule has 0 aliphatic heterocycles. The van der Waals surface area contributed by atoms with E-state index >= 15 is 0 Å². The highest BCUT2D eigenvalue weighted by Gasteiger charge is 2.24. The molecule has 9 nitrogen and oxygen atoms in total. The Hall–Kier alpha value is -3.62. The number of carbonyl (C=O) groups excluding carboxylic acids is 2. The maximum atomic E-state index is 12.6. The number of nitrogens with one attached hydrogen (secondary N) is 1. The molecule has 0 aliphatic carbocycles. The minimum atomic E-state index is -0.698. The molecular formula is C20H22N2O7. The van der Waals surface area contributed by atoms with Crippen LogP contribution >= 0.6 is 0 Å². The Labute approximate surface area is 167 Å². The summed E-state index contributed by atoms with van der Waals surface area (Å²) in [5.74, 6) is -0.821. The van der Waals surface area contributed by atoms with Crippen molar-refractivity contribution in [3.05, 3.63) is 57.6 Å². The van der Waals surface area contributed by atoms with E-state index in [1.165, 1.54) is 44.6 Å². The first kappa shape index (κ1) is 21.7. The Morgan fingerprint density at radius 2 is 1.69 bits per heavy atom. The summed E-state index contributed by atoms with van der Waals surface area (Å²) >= 11 is 0. The number of nitro groups is 1. The predicted octanol–water partition coefficient (Wildman–Crippen LogP) is 3.82. The van der Waals surface area contributed by atoms with Crippen molar-refractivity contribution in [1.82, 2.24) is 0 Å². The zero-order valence-corrected chi connectivity index (χ0v) is 16.4. The van der Waals surface area contributed by atoms with Crippen LogP contribution in [0.2, 0.25) is 0 Å². The molecule has 154 valence electrons. The van der Waals surface area contributed by atoms with Gasteiger partial charge in [-0.3, -0.25) is 14.9 Å². The molecule has 0 spiro atoms. The number of nitrogens with zero attached hydrogens (tertiary/aromatic N) is 1. The number of anilines is 1. The lowest BCUT2D eigenvalue weighted by Gasteiger charge is -2.11. The third-order valence-electron chi connectivity index (χ3n) is 4.05. The molecule has 0 aromatic heterocycles. The molecule has 0 bridgehead atoms. The fourth-order valence-corrected chi connectivity index (χ4v) is 2.48. The first-order valence-electron chi connectivity index (χ1n) is 8.90. The third kappa shape index (κ3) is 5.44. The molecule has 0 aliphatic rings. The molecule has 9 heteroatoms. The van der Waals surface area contributed by atoms with Gasteiger partial charge in [-0.2, -0.15) is 0 Å². The fourth-order valence-electron chi connectivity index (χ4n) is 2.48. The van der Waals surface area contributed by atoms with E-state index in [0.29, 0.717) is 17.9 Å². The molecule has 0 saturated carbocycles. The number of carbonyl (C=O) groups is 2. The molecule has 2 aromatic rings. The first-order chi connectivity index (χ1) is 13.9. The molecule has 0 radical (unpaired) electrons. The van der Waals surface area contributed by atoms with E-state index < -0.39 is 22.5 Å². The van der Waals surface area contributed by atoms with Crippen molar-refractivity contribution < 1.29 is 28.7 Å². The van der Waals surface area contributed by atoms with E-state index in [2.05, 4.69) is 5.32 Å². The number of esters is 1. The highest BCUT2D eigenvalue weighted by Crippen LogP contribution is 2.34. The minimum absolute atomic E-state index is 0.140. The number of benzene rings is 2.